The predicted octanol–water partition coefficient (Wildman–Crippen LogP) is -0.464. The van der Waals surface area contributed by atoms with Crippen LogP contribution in [0.5, 0.6) is 0 Å². The molecule has 0 fully saturated rings. The van der Waals surface area contributed by atoms with Crippen LogP contribution in [0.3, 0.4) is 0 Å². The van der Waals surface area contributed by atoms with Gasteiger partial charge in [0, 0.05) is 4.88 Å². The molecule has 0 spiro atoms. The normalized spacial score (nSPS) is 13.2. The number of aliphatic hydroxyl groups is 2. The molecule has 9 heteroatoms. The third-order valence-electron chi connectivity index (χ3n) is 2.55. The van der Waals surface area contributed by atoms with Crippen molar-refractivity contribution in [2.24, 2.45) is 0 Å². The van der Waals surface area contributed by atoms with Gasteiger partial charge in [0.05, 0.1) is 6.61 Å². The van der Waals surface area contributed by atoms with E-state index in [2.05, 4.69) is 19.9 Å². The first-order chi connectivity index (χ1) is 9.08. The summed E-state index contributed by atoms with van der Waals surface area (Å²) in [6, 6.07) is 1.59. The van der Waals surface area contributed by atoms with E-state index >= 15 is 0 Å². The van der Waals surface area contributed by atoms with Crippen molar-refractivity contribution in [3.8, 4) is 0 Å². The van der Waals surface area contributed by atoms with Gasteiger partial charge in [-0.05, 0) is 6.07 Å². The van der Waals surface area contributed by atoms with Crippen LogP contribution >= 0.6 is 11.3 Å². The van der Waals surface area contributed by atoms with E-state index in [9.17, 15) is 9.90 Å². The Bertz CT molecular complexity index is 827. The summed E-state index contributed by atoms with van der Waals surface area (Å²) in [4.78, 5) is 27.3. The van der Waals surface area contributed by atoms with E-state index < -0.39 is 18.3 Å². The zero-order valence-corrected chi connectivity index (χ0v) is 10.3. The van der Waals surface area contributed by atoms with Crippen molar-refractivity contribution in [2.45, 2.75) is 6.10 Å². The van der Waals surface area contributed by atoms with E-state index in [1.54, 1.807) is 6.07 Å². The third kappa shape index (κ3) is 1.93. The summed E-state index contributed by atoms with van der Waals surface area (Å²) in [6.45, 7) is -0.391. The van der Waals surface area contributed by atoms with Gasteiger partial charge in [0.2, 0.25) is 5.95 Å². The maximum atomic E-state index is 11.7. The summed E-state index contributed by atoms with van der Waals surface area (Å²) in [5.41, 5.74) is 5.68. The van der Waals surface area contributed by atoms with Crippen molar-refractivity contribution in [3.63, 3.8) is 0 Å². The quantitative estimate of drug-likeness (QED) is 0.497. The molecule has 19 heavy (non-hydrogen) atoms. The highest BCUT2D eigenvalue weighted by Crippen LogP contribution is 2.28. The van der Waals surface area contributed by atoms with Gasteiger partial charge in [0.15, 0.2) is 11.2 Å². The second kappa shape index (κ2) is 4.23. The number of hydrogen-bond acceptors (Lipinski definition) is 8. The molecule has 3 heterocycles. The SMILES string of the molecule is Nc1nc2nc3sc([C@H](O)CO)cc3nc2c(=O)[nH]1. The highest BCUT2D eigenvalue weighted by atomic mass is 32.1. The number of aromatic nitrogens is 4. The summed E-state index contributed by atoms with van der Waals surface area (Å²) in [5.74, 6) is -0.0293. The van der Waals surface area contributed by atoms with E-state index in [1.165, 1.54) is 11.3 Å². The molecule has 98 valence electrons. The molecule has 0 saturated heterocycles. The topological polar surface area (TPSA) is 138 Å². The highest BCUT2D eigenvalue weighted by Gasteiger charge is 2.14. The number of nitrogen functional groups attached to an aromatic ring is 1. The van der Waals surface area contributed by atoms with Crippen molar-refractivity contribution in [3.05, 3.63) is 21.3 Å². The zero-order valence-electron chi connectivity index (χ0n) is 9.49. The highest BCUT2D eigenvalue weighted by molar-refractivity contribution is 7.18. The van der Waals surface area contributed by atoms with E-state index in [0.717, 1.165) is 0 Å². The van der Waals surface area contributed by atoms with E-state index in [0.29, 0.717) is 15.2 Å². The van der Waals surface area contributed by atoms with Crippen LogP contribution in [-0.4, -0.2) is 36.8 Å². The second-order valence-electron chi connectivity index (χ2n) is 3.88. The molecule has 0 aliphatic carbocycles. The molecule has 0 aliphatic heterocycles. The summed E-state index contributed by atoms with van der Waals surface area (Å²) >= 11 is 1.18. The summed E-state index contributed by atoms with van der Waals surface area (Å²) < 4.78 is 0. The Morgan fingerprint density at radius 3 is 2.95 bits per heavy atom. The van der Waals surface area contributed by atoms with Gasteiger partial charge < -0.3 is 15.9 Å². The van der Waals surface area contributed by atoms with Crippen LogP contribution in [0, 0.1) is 0 Å². The van der Waals surface area contributed by atoms with Crippen molar-refractivity contribution in [2.75, 3.05) is 12.3 Å². The lowest BCUT2D eigenvalue weighted by Crippen LogP contribution is -2.13. The molecule has 3 aromatic heterocycles. The van der Waals surface area contributed by atoms with Gasteiger partial charge >= 0.3 is 0 Å². The van der Waals surface area contributed by atoms with Crippen LogP contribution in [0.1, 0.15) is 11.0 Å². The summed E-state index contributed by atoms with van der Waals surface area (Å²) in [5, 5.41) is 18.5. The van der Waals surface area contributed by atoms with Crippen molar-refractivity contribution in [1.82, 2.24) is 19.9 Å². The first kappa shape index (κ1) is 12.0. The summed E-state index contributed by atoms with van der Waals surface area (Å²) in [6.07, 6.45) is -0.986. The third-order valence-corrected chi connectivity index (χ3v) is 3.67. The van der Waals surface area contributed by atoms with Gasteiger partial charge in [0.1, 0.15) is 16.5 Å². The molecule has 0 saturated carbocycles. The number of aliphatic hydroxyl groups excluding tert-OH is 2. The molecule has 0 aliphatic rings. The second-order valence-corrected chi connectivity index (χ2v) is 4.95. The molecular formula is C10H9N5O3S. The average molecular weight is 279 g/mol. The smallest absolute Gasteiger partial charge is 0.280 e. The number of hydrogen-bond donors (Lipinski definition) is 4. The van der Waals surface area contributed by atoms with E-state index in [-0.39, 0.29) is 17.1 Å². The Balaban J connectivity index is 2.31. The Labute approximate surface area is 109 Å². The molecule has 8 nitrogen and oxygen atoms in total. The van der Waals surface area contributed by atoms with Crippen LogP contribution in [0.4, 0.5) is 5.95 Å². The number of rotatable bonds is 2. The molecule has 3 rings (SSSR count). The first-order valence-electron chi connectivity index (χ1n) is 5.34. The minimum absolute atomic E-state index is 0.0293. The lowest BCUT2D eigenvalue weighted by Gasteiger charge is -2.00. The van der Waals surface area contributed by atoms with Crippen LogP contribution < -0.4 is 11.3 Å². The van der Waals surface area contributed by atoms with Gasteiger partial charge in [-0.25, -0.2) is 9.97 Å². The Morgan fingerprint density at radius 1 is 1.42 bits per heavy atom. The molecule has 1 atom stereocenters. The molecule has 0 aromatic carbocycles. The Hall–Kier alpha value is -2.10. The fraction of sp³-hybridized carbons (Fsp3) is 0.200. The number of thiophene rings is 1. The van der Waals surface area contributed by atoms with Gasteiger partial charge in [-0.3, -0.25) is 9.78 Å². The minimum Gasteiger partial charge on any atom is -0.393 e. The number of aromatic amines is 1. The van der Waals surface area contributed by atoms with Crippen molar-refractivity contribution < 1.29 is 10.2 Å². The predicted molar refractivity (Wildman–Crippen MR) is 69.8 cm³/mol. The minimum atomic E-state index is -0.986. The number of H-pyrrole nitrogens is 1. The lowest BCUT2D eigenvalue weighted by atomic mass is 10.3. The Kier molecular flexibility index (Phi) is 2.66. The van der Waals surface area contributed by atoms with Crippen LogP contribution in [0.15, 0.2) is 10.9 Å². The first-order valence-corrected chi connectivity index (χ1v) is 6.16. The fourth-order valence-electron chi connectivity index (χ4n) is 1.67. The van der Waals surface area contributed by atoms with E-state index in [1.807, 2.05) is 0 Å². The molecule has 0 amide bonds. The number of nitrogens with two attached hydrogens (primary N) is 1. The molecule has 0 bridgehead atoms. The maximum absolute atomic E-state index is 11.7. The van der Waals surface area contributed by atoms with Crippen LogP contribution in [-0.2, 0) is 0 Å². The fourth-order valence-corrected chi connectivity index (χ4v) is 2.62. The van der Waals surface area contributed by atoms with Crippen molar-refractivity contribution >= 4 is 38.8 Å². The van der Waals surface area contributed by atoms with Gasteiger partial charge in [-0.15, -0.1) is 11.3 Å². The van der Waals surface area contributed by atoms with Crippen LogP contribution in [0.25, 0.3) is 21.5 Å². The standard InChI is InChI=1S/C10H9N5O3S/c11-10-14-7-6(8(18)15-10)12-3-1-5(4(17)2-16)19-9(3)13-7/h1,4,16-17H,2H2,(H3,11,13,14,15,18)/t4-/m1/s1. The number of nitrogens with zero attached hydrogens (tertiary/aromatic N) is 3. The average Bonchev–Trinajstić information content (AvgIpc) is 2.78. The van der Waals surface area contributed by atoms with E-state index in [4.69, 9.17) is 10.8 Å². The van der Waals surface area contributed by atoms with Crippen LogP contribution in [0.2, 0.25) is 0 Å². The number of anilines is 1. The molecular weight excluding hydrogens is 270 g/mol. The molecule has 5 N–H and O–H groups in total. The van der Waals surface area contributed by atoms with Gasteiger partial charge in [0.25, 0.3) is 5.56 Å². The molecule has 3 aromatic rings. The number of fused-ring (bicyclic) bond motifs is 2. The zero-order chi connectivity index (χ0) is 13.6. The Morgan fingerprint density at radius 2 is 2.21 bits per heavy atom. The number of nitrogens with one attached hydrogen (secondary N) is 1. The van der Waals surface area contributed by atoms with Gasteiger partial charge in [-0.1, -0.05) is 0 Å². The maximum Gasteiger partial charge on any atom is 0.280 e. The lowest BCUT2D eigenvalue weighted by molar-refractivity contribution is 0.0984. The largest absolute Gasteiger partial charge is 0.393 e. The summed E-state index contributed by atoms with van der Waals surface area (Å²) in [7, 11) is 0. The molecule has 0 radical (unpaired) electrons. The monoisotopic (exact) mass is 279 g/mol. The molecule has 0 unspecified atom stereocenters. The van der Waals surface area contributed by atoms with Gasteiger partial charge in [-0.2, -0.15) is 4.98 Å². The van der Waals surface area contributed by atoms with Crippen molar-refractivity contribution in [1.29, 1.82) is 0 Å².